The Morgan fingerprint density at radius 2 is 2.21 bits per heavy atom. The van der Waals surface area contributed by atoms with Crippen LogP contribution in [0.3, 0.4) is 0 Å². The topological polar surface area (TPSA) is 80.7 Å². The van der Waals surface area contributed by atoms with E-state index < -0.39 is 0 Å². The highest BCUT2D eigenvalue weighted by atomic mass is 79.9. The second-order valence-electron chi connectivity index (χ2n) is 3.88. The third-order valence-corrected chi connectivity index (χ3v) is 3.07. The number of nitrogens with zero attached hydrogens (tertiary/aromatic N) is 2. The van der Waals surface area contributed by atoms with Crippen molar-refractivity contribution in [3.8, 4) is 11.6 Å². The number of hydrogen-bond donors (Lipinski definition) is 2. The van der Waals surface area contributed by atoms with Crippen LogP contribution < -0.4 is 10.5 Å². The Labute approximate surface area is 118 Å². The summed E-state index contributed by atoms with van der Waals surface area (Å²) >= 11 is 3.42. The monoisotopic (exact) mass is 321 g/mol. The van der Waals surface area contributed by atoms with Gasteiger partial charge in [-0.15, -0.1) is 0 Å². The van der Waals surface area contributed by atoms with Crippen LogP contribution in [0.25, 0.3) is 0 Å². The fourth-order valence-electron chi connectivity index (χ4n) is 1.51. The molecule has 0 saturated carbocycles. The Morgan fingerprint density at radius 1 is 1.42 bits per heavy atom. The van der Waals surface area contributed by atoms with Crippen molar-refractivity contribution in [1.29, 1.82) is 0 Å². The highest BCUT2D eigenvalue weighted by Crippen LogP contribution is 2.30. The molecular formula is C13H12BrN3O2. The summed E-state index contributed by atoms with van der Waals surface area (Å²) in [7, 11) is 0. The lowest BCUT2D eigenvalue weighted by molar-refractivity contribution is 0.318. The van der Waals surface area contributed by atoms with E-state index in [1.165, 1.54) is 0 Å². The molecule has 0 spiro atoms. The molecule has 3 N–H and O–H groups in total. The number of aromatic nitrogens is 1. The average Bonchev–Trinajstić information content (AvgIpc) is 2.41. The zero-order valence-corrected chi connectivity index (χ0v) is 11.8. The molecule has 2 rings (SSSR count). The van der Waals surface area contributed by atoms with Gasteiger partial charge in [-0.1, -0.05) is 11.2 Å². The molecule has 0 unspecified atom stereocenters. The van der Waals surface area contributed by atoms with E-state index >= 15 is 0 Å². The summed E-state index contributed by atoms with van der Waals surface area (Å²) < 4.78 is 6.50. The minimum absolute atomic E-state index is 0.0497. The zero-order chi connectivity index (χ0) is 13.8. The minimum Gasteiger partial charge on any atom is -0.437 e. The summed E-state index contributed by atoms with van der Waals surface area (Å²) in [6.45, 7) is 1.98. The van der Waals surface area contributed by atoms with E-state index in [0.717, 1.165) is 10.0 Å². The van der Waals surface area contributed by atoms with Crippen molar-refractivity contribution in [3.05, 3.63) is 52.1 Å². The van der Waals surface area contributed by atoms with Gasteiger partial charge in [-0.2, -0.15) is 0 Å². The molecule has 0 atom stereocenters. The van der Waals surface area contributed by atoms with Crippen LogP contribution in [0.15, 0.2) is 46.2 Å². The van der Waals surface area contributed by atoms with E-state index in [4.69, 9.17) is 15.7 Å². The molecule has 1 aromatic carbocycles. The van der Waals surface area contributed by atoms with Gasteiger partial charge in [0.2, 0.25) is 5.88 Å². The molecule has 5 nitrogen and oxygen atoms in total. The molecular weight excluding hydrogens is 310 g/mol. The molecule has 0 fully saturated rings. The highest BCUT2D eigenvalue weighted by molar-refractivity contribution is 9.10. The number of rotatable bonds is 3. The summed E-state index contributed by atoms with van der Waals surface area (Å²) in [5, 5.41) is 11.7. The first kappa shape index (κ1) is 13.4. The van der Waals surface area contributed by atoms with Crippen molar-refractivity contribution in [2.75, 3.05) is 0 Å². The number of hydrogen-bond acceptors (Lipinski definition) is 4. The van der Waals surface area contributed by atoms with Crippen LogP contribution >= 0.6 is 15.9 Å². The molecule has 19 heavy (non-hydrogen) atoms. The number of oxime groups is 1. The maximum absolute atomic E-state index is 8.74. The number of nitrogens with two attached hydrogens (primary N) is 1. The molecule has 0 aliphatic heterocycles. The molecule has 1 aromatic heterocycles. The zero-order valence-electron chi connectivity index (χ0n) is 10.2. The van der Waals surface area contributed by atoms with Crippen LogP contribution in [-0.4, -0.2) is 16.0 Å². The first-order valence-corrected chi connectivity index (χ1v) is 6.28. The van der Waals surface area contributed by atoms with Gasteiger partial charge in [0.1, 0.15) is 5.75 Å². The number of halogens is 1. The highest BCUT2D eigenvalue weighted by Gasteiger charge is 2.11. The molecule has 98 valence electrons. The molecule has 1 heterocycles. The van der Waals surface area contributed by atoms with Crippen molar-refractivity contribution >= 4 is 21.8 Å². The van der Waals surface area contributed by atoms with Gasteiger partial charge in [-0.3, -0.25) is 0 Å². The van der Waals surface area contributed by atoms with Gasteiger partial charge in [-0.05, 0) is 52.7 Å². The number of amidine groups is 1. The first-order chi connectivity index (χ1) is 9.11. The van der Waals surface area contributed by atoms with Gasteiger partial charge in [0.25, 0.3) is 0 Å². The average molecular weight is 322 g/mol. The molecule has 0 saturated heterocycles. The van der Waals surface area contributed by atoms with Crippen LogP contribution in [0.4, 0.5) is 0 Å². The molecule has 0 radical (unpaired) electrons. The van der Waals surface area contributed by atoms with E-state index in [9.17, 15) is 0 Å². The maximum atomic E-state index is 8.74. The summed E-state index contributed by atoms with van der Waals surface area (Å²) in [5.41, 5.74) is 7.12. The van der Waals surface area contributed by atoms with Crippen molar-refractivity contribution in [1.82, 2.24) is 4.98 Å². The molecule has 2 aromatic rings. The summed E-state index contributed by atoms with van der Waals surface area (Å²) in [5.74, 6) is 0.838. The van der Waals surface area contributed by atoms with Gasteiger partial charge >= 0.3 is 0 Å². The number of ether oxygens (including phenoxy) is 1. The van der Waals surface area contributed by atoms with E-state index in [1.54, 1.807) is 18.3 Å². The SMILES string of the molecule is Cc1ccc(Oc2ncccc2/C(N)=N/O)c(Br)c1. The summed E-state index contributed by atoms with van der Waals surface area (Å²) in [4.78, 5) is 4.09. The Morgan fingerprint density at radius 3 is 2.89 bits per heavy atom. The van der Waals surface area contributed by atoms with Crippen LogP contribution in [0.5, 0.6) is 11.6 Å². The van der Waals surface area contributed by atoms with E-state index in [1.807, 2.05) is 25.1 Å². The van der Waals surface area contributed by atoms with Crippen LogP contribution in [-0.2, 0) is 0 Å². The third kappa shape index (κ3) is 3.03. The predicted octanol–water partition coefficient (Wildman–Crippen LogP) is 3.04. The number of benzene rings is 1. The molecule has 0 amide bonds. The quantitative estimate of drug-likeness (QED) is 0.394. The van der Waals surface area contributed by atoms with Crippen LogP contribution in [0.1, 0.15) is 11.1 Å². The molecule has 0 bridgehead atoms. The standard InChI is InChI=1S/C13H12BrN3O2/c1-8-4-5-11(10(14)7-8)19-13-9(12(15)17-18)3-2-6-16-13/h2-7,18H,1H3,(H2,15,17). The molecule has 0 aliphatic rings. The van der Waals surface area contributed by atoms with E-state index in [2.05, 4.69) is 26.1 Å². The molecule has 0 aliphatic carbocycles. The van der Waals surface area contributed by atoms with E-state index in [0.29, 0.717) is 11.3 Å². The van der Waals surface area contributed by atoms with Crippen molar-refractivity contribution in [3.63, 3.8) is 0 Å². The third-order valence-electron chi connectivity index (χ3n) is 2.45. The van der Waals surface area contributed by atoms with Gasteiger partial charge < -0.3 is 15.7 Å². The Bertz CT molecular complexity index is 629. The first-order valence-electron chi connectivity index (χ1n) is 5.48. The summed E-state index contributed by atoms with van der Waals surface area (Å²) in [6, 6.07) is 9.03. The number of aryl methyl sites for hydroxylation is 1. The van der Waals surface area contributed by atoms with Gasteiger partial charge in [0.15, 0.2) is 5.84 Å². The van der Waals surface area contributed by atoms with Crippen molar-refractivity contribution in [2.45, 2.75) is 6.92 Å². The fraction of sp³-hybridized carbons (Fsp3) is 0.0769. The van der Waals surface area contributed by atoms with Crippen LogP contribution in [0.2, 0.25) is 0 Å². The fourth-order valence-corrected chi connectivity index (χ4v) is 2.09. The predicted molar refractivity (Wildman–Crippen MR) is 75.7 cm³/mol. The Balaban J connectivity index is 2.38. The van der Waals surface area contributed by atoms with Crippen molar-refractivity contribution in [2.24, 2.45) is 10.9 Å². The largest absolute Gasteiger partial charge is 0.437 e. The second-order valence-corrected chi connectivity index (χ2v) is 4.73. The Hall–Kier alpha value is -2.08. The van der Waals surface area contributed by atoms with Crippen molar-refractivity contribution < 1.29 is 9.94 Å². The Kier molecular flexibility index (Phi) is 4.01. The lowest BCUT2D eigenvalue weighted by atomic mass is 10.2. The van der Waals surface area contributed by atoms with Gasteiger partial charge in [0.05, 0.1) is 10.0 Å². The van der Waals surface area contributed by atoms with Crippen LogP contribution in [0, 0.1) is 6.92 Å². The second kappa shape index (κ2) is 5.71. The normalized spacial score (nSPS) is 11.4. The van der Waals surface area contributed by atoms with Gasteiger partial charge in [0, 0.05) is 6.20 Å². The van der Waals surface area contributed by atoms with Gasteiger partial charge in [-0.25, -0.2) is 4.98 Å². The minimum atomic E-state index is -0.0497. The smallest absolute Gasteiger partial charge is 0.230 e. The number of pyridine rings is 1. The maximum Gasteiger partial charge on any atom is 0.230 e. The lowest BCUT2D eigenvalue weighted by Crippen LogP contribution is -2.14. The van der Waals surface area contributed by atoms with E-state index in [-0.39, 0.29) is 11.7 Å². The lowest BCUT2D eigenvalue weighted by Gasteiger charge is -2.10. The molecule has 6 heteroatoms. The summed E-state index contributed by atoms with van der Waals surface area (Å²) in [6.07, 6.45) is 1.57.